The Kier molecular flexibility index (Phi) is 4.79. The van der Waals surface area contributed by atoms with Crippen LogP contribution in [0.15, 0.2) is 97.1 Å². The number of benzene rings is 4. The maximum absolute atomic E-state index is 13.6. The van der Waals surface area contributed by atoms with E-state index in [0.717, 1.165) is 0 Å². The average molecular weight is 464 g/mol. The average Bonchev–Trinajstić information content (AvgIpc) is 3.12. The number of hydrogen-bond donors (Lipinski definition) is 2. The first-order chi connectivity index (χ1) is 17.0. The topological polar surface area (TPSA) is 88.1 Å². The molecule has 2 amide bonds. The van der Waals surface area contributed by atoms with Crippen molar-refractivity contribution >= 4 is 23.2 Å². The molecule has 2 heterocycles. The van der Waals surface area contributed by atoms with Crippen molar-refractivity contribution in [3.8, 4) is 17.2 Å². The number of hydrogen-bond acceptors (Lipinski definition) is 5. The van der Waals surface area contributed by atoms with Crippen LogP contribution in [0.3, 0.4) is 0 Å². The third-order valence-electron chi connectivity index (χ3n) is 6.13. The molecule has 4 aromatic rings. The summed E-state index contributed by atoms with van der Waals surface area (Å²) in [6.07, 6.45) is 0. The molecule has 1 unspecified atom stereocenters. The molecule has 0 spiro atoms. The van der Waals surface area contributed by atoms with Crippen LogP contribution in [0, 0.1) is 0 Å². The predicted molar refractivity (Wildman–Crippen MR) is 130 cm³/mol. The molecule has 6 rings (SSSR count). The molecular weight excluding hydrogens is 444 g/mol. The molecule has 1 atom stereocenters. The van der Waals surface area contributed by atoms with Gasteiger partial charge in [-0.15, -0.1) is 0 Å². The zero-order chi connectivity index (χ0) is 24.0. The minimum absolute atomic E-state index is 0.0712. The Morgan fingerprint density at radius 2 is 1.63 bits per heavy atom. The minimum Gasteiger partial charge on any atom is -0.482 e. The van der Waals surface area contributed by atoms with E-state index in [1.165, 1.54) is 4.90 Å². The van der Waals surface area contributed by atoms with E-state index < -0.39 is 5.72 Å². The second kappa shape index (κ2) is 8.00. The number of ether oxygens (including phenoxy) is 2. The molecule has 2 aliphatic heterocycles. The minimum atomic E-state index is -1.82. The molecule has 2 aliphatic rings. The van der Waals surface area contributed by atoms with Gasteiger partial charge in [0.1, 0.15) is 17.2 Å². The van der Waals surface area contributed by atoms with E-state index in [-0.39, 0.29) is 18.4 Å². The lowest BCUT2D eigenvalue weighted by Gasteiger charge is -2.35. The standard InChI is InChI=1S/C28H20N2O5/c31-26-17-34-25-14-13-18(15-24(25)29-26)28(33)23-12-5-4-11-22(23)27(32)30(28)19-7-6-10-21(16-19)35-20-8-2-1-3-9-20/h1-16,33H,17H2,(H,29,31). The van der Waals surface area contributed by atoms with E-state index in [1.54, 1.807) is 66.7 Å². The molecule has 0 aliphatic carbocycles. The van der Waals surface area contributed by atoms with Crippen LogP contribution in [0.5, 0.6) is 17.2 Å². The fourth-order valence-corrected chi connectivity index (χ4v) is 4.56. The number of nitrogens with one attached hydrogen (secondary N) is 1. The van der Waals surface area contributed by atoms with Crippen LogP contribution in [0.25, 0.3) is 0 Å². The van der Waals surface area contributed by atoms with Gasteiger partial charge in [-0.2, -0.15) is 0 Å². The van der Waals surface area contributed by atoms with Gasteiger partial charge in [0.25, 0.3) is 11.8 Å². The summed E-state index contributed by atoms with van der Waals surface area (Å²) in [7, 11) is 0. The van der Waals surface area contributed by atoms with Crippen molar-refractivity contribution in [1.82, 2.24) is 0 Å². The quantitative estimate of drug-likeness (QED) is 0.459. The second-order valence-corrected chi connectivity index (χ2v) is 8.32. The normalized spacial score (nSPS) is 18.4. The van der Waals surface area contributed by atoms with Crippen LogP contribution < -0.4 is 19.7 Å². The Labute approximate surface area is 201 Å². The van der Waals surface area contributed by atoms with Gasteiger partial charge in [-0.05, 0) is 48.5 Å². The fourth-order valence-electron chi connectivity index (χ4n) is 4.56. The largest absolute Gasteiger partial charge is 0.482 e. The molecular formula is C28H20N2O5. The van der Waals surface area contributed by atoms with Crippen molar-refractivity contribution in [2.75, 3.05) is 16.8 Å². The van der Waals surface area contributed by atoms with Gasteiger partial charge in [0.05, 0.1) is 11.4 Å². The van der Waals surface area contributed by atoms with Crippen molar-refractivity contribution in [2.24, 2.45) is 0 Å². The SMILES string of the molecule is O=C1COc2ccc(C3(O)c4ccccc4C(=O)N3c3cccc(Oc4ccccc4)c3)cc2N1. The van der Waals surface area contributed by atoms with E-state index in [4.69, 9.17) is 9.47 Å². The maximum atomic E-state index is 13.6. The molecule has 0 saturated heterocycles. The molecule has 2 N–H and O–H groups in total. The van der Waals surface area contributed by atoms with Gasteiger partial charge in [0, 0.05) is 22.8 Å². The van der Waals surface area contributed by atoms with Crippen molar-refractivity contribution in [3.63, 3.8) is 0 Å². The van der Waals surface area contributed by atoms with Crippen LogP contribution in [0.4, 0.5) is 11.4 Å². The first-order valence-corrected chi connectivity index (χ1v) is 11.1. The summed E-state index contributed by atoms with van der Waals surface area (Å²) in [5.74, 6) is 1.04. The first kappa shape index (κ1) is 20.9. The van der Waals surface area contributed by atoms with E-state index in [9.17, 15) is 14.7 Å². The third-order valence-corrected chi connectivity index (χ3v) is 6.13. The van der Waals surface area contributed by atoms with Gasteiger partial charge in [0.2, 0.25) is 0 Å². The molecule has 0 bridgehead atoms. The summed E-state index contributed by atoms with van der Waals surface area (Å²) in [6.45, 7) is -0.0712. The van der Waals surface area contributed by atoms with Crippen molar-refractivity contribution < 1.29 is 24.2 Å². The monoisotopic (exact) mass is 464 g/mol. The Bertz CT molecular complexity index is 1470. The molecule has 4 aromatic carbocycles. The number of carbonyl (C=O) groups is 2. The number of para-hydroxylation sites is 1. The lowest BCUT2D eigenvalue weighted by molar-refractivity contribution is -0.118. The highest BCUT2D eigenvalue weighted by Gasteiger charge is 2.51. The van der Waals surface area contributed by atoms with Crippen LogP contribution in [0.2, 0.25) is 0 Å². The Morgan fingerprint density at radius 3 is 2.49 bits per heavy atom. The van der Waals surface area contributed by atoms with Crippen LogP contribution in [0.1, 0.15) is 21.5 Å². The summed E-state index contributed by atoms with van der Waals surface area (Å²) >= 11 is 0. The van der Waals surface area contributed by atoms with E-state index in [2.05, 4.69) is 5.32 Å². The lowest BCUT2D eigenvalue weighted by atomic mass is 9.93. The highest BCUT2D eigenvalue weighted by molar-refractivity contribution is 6.12. The summed E-state index contributed by atoms with van der Waals surface area (Å²) in [4.78, 5) is 26.9. The number of aliphatic hydroxyl groups is 1. The predicted octanol–water partition coefficient (Wildman–Crippen LogP) is 4.66. The van der Waals surface area contributed by atoms with Crippen molar-refractivity contribution in [2.45, 2.75) is 5.72 Å². The number of fused-ring (bicyclic) bond motifs is 2. The van der Waals surface area contributed by atoms with E-state index in [1.807, 2.05) is 30.3 Å². The first-order valence-electron chi connectivity index (χ1n) is 11.1. The van der Waals surface area contributed by atoms with E-state index >= 15 is 0 Å². The number of carbonyl (C=O) groups excluding carboxylic acids is 2. The van der Waals surface area contributed by atoms with Crippen molar-refractivity contribution in [3.05, 3.63) is 114 Å². The highest BCUT2D eigenvalue weighted by Crippen LogP contribution is 2.47. The van der Waals surface area contributed by atoms with Crippen LogP contribution in [-0.4, -0.2) is 23.5 Å². The van der Waals surface area contributed by atoms with Gasteiger partial charge in [-0.25, -0.2) is 0 Å². The van der Waals surface area contributed by atoms with Gasteiger partial charge in [0.15, 0.2) is 12.3 Å². The molecule has 7 heteroatoms. The number of anilines is 2. The Morgan fingerprint density at radius 1 is 0.857 bits per heavy atom. The zero-order valence-electron chi connectivity index (χ0n) is 18.5. The van der Waals surface area contributed by atoms with Gasteiger partial charge < -0.3 is 19.9 Å². The third kappa shape index (κ3) is 3.41. The maximum Gasteiger partial charge on any atom is 0.262 e. The zero-order valence-corrected chi connectivity index (χ0v) is 18.5. The van der Waals surface area contributed by atoms with Gasteiger partial charge in [-0.1, -0.05) is 42.5 Å². The molecule has 0 saturated carbocycles. The number of nitrogens with zero attached hydrogens (tertiary/aromatic N) is 1. The van der Waals surface area contributed by atoms with E-state index in [0.29, 0.717) is 45.3 Å². The van der Waals surface area contributed by atoms with Crippen LogP contribution >= 0.6 is 0 Å². The van der Waals surface area contributed by atoms with Crippen LogP contribution in [-0.2, 0) is 10.5 Å². The van der Waals surface area contributed by atoms with Crippen molar-refractivity contribution in [1.29, 1.82) is 0 Å². The molecule has 35 heavy (non-hydrogen) atoms. The summed E-state index contributed by atoms with van der Waals surface area (Å²) in [5, 5.41) is 15.0. The fraction of sp³-hybridized carbons (Fsp3) is 0.0714. The summed E-state index contributed by atoms with van der Waals surface area (Å²) in [6, 6.07) is 28.3. The molecule has 7 nitrogen and oxygen atoms in total. The lowest BCUT2D eigenvalue weighted by Crippen LogP contribution is -2.45. The van der Waals surface area contributed by atoms with Gasteiger partial charge in [-0.3, -0.25) is 14.5 Å². The summed E-state index contributed by atoms with van der Waals surface area (Å²) < 4.78 is 11.4. The smallest absolute Gasteiger partial charge is 0.262 e. The highest BCUT2D eigenvalue weighted by atomic mass is 16.5. The molecule has 0 fully saturated rings. The Hall–Kier alpha value is -4.62. The Balaban J connectivity index is 1.48. The molecule has 172 valence electrons. The molecule has 0 aromatic heterocycles. The number of rotatable bonds is 4. The summed E-state index contributed by atoms with van der Waals surface area (Å²) in [5.41, 5.74) is 0.320. The van der Waals surface area contributed by atoms with Gasteiger partial charge >= 0.3 is 0 Å². The number of amides is 2. The molecule has 0 radical (unpaired) electrons. The second-order valence-electron chi connectivity index (χ2n) is 8.32.